The van der Waals surface area contributed by atoms with Gasteiger partial charge < -0.3 is 10.7 Å². The maximum absolute atomic E-state index is 11.9. The number of nitrogens with one attached hydrogen (secondary N) is 1. The Labute approximate surface area is 91.9 Å². The van der Waals surface area contributed by atoms with Gasteiger partial charge >= 0.3 is 0 Å². The Bertz CT molecular complexity index is 491. The molecule has 0 spiro atoms. The van der Waals surface area contributed by atoms with Crippen molar-refractivity contribution in [2.45, 2.75) is 0 Å². The zero-order valence-electron chi connectivity index (χ0n) is 7.83. The van der Waals surface area contributed by atoms with Gasteiger partial charge in [-0.3, -0.25) is 4.79 Å². The van der Waals surface area contributed by atoms with Crippen molar-refractivity contribution in [1.82, 2.24) is 4.98 Å². The molecule has 1 aromatic carbocycles. The fourth-order valence-electron chi connectivity index (χ4n) is 1.34. The van der Waals surface area contributed by atoms with E-state index in [1.807, 2.05) is 0 Å². The molecule has 0 fully saturated rings. The van der Waals surface area contributed by atoms with Crippen molar-refractivity contribution >= 4 is 23.1 Å². The molecule has 0 bridgehead atoms. The predicted molar refractivity (Wildman–Crippen MR) is 60.1 cm³/mol. The normalized spacial score (nSPS) is 10.2. The van der Waals surface area contributed by atoms with Crippen LogP contribution in [0.5, 0.6) is 0 Å². The molecule has 1 heterocycles. The number of aromatic nitrogens is 1. The Hall–Kier alpha value is -1.74. The van der Waals surface area contributed by atoms with Crippen LogP contribution in [0.1, 0.15) is 15.9 Å². The molecule has 0 aliphatic carbocycles. The van der Waals surface area contributed by atoms with Crippen molar-refractivity contribution in [3.8, 4) is 0 Å². The Balaban J connectivity index is 2.42. The molecule has 0 aliphatic rings. The number of nitrogen functional groups attached to an aromatic ring is 1. The van der Waals surface area contributed by atoms with Crippen molar-refractivity contribution in [2.24, 2.45) is 0 Å². The topological polar surface area (TPSA) is 58.9 Å². The van der Waals surface area contributed by atoms with Crippen LogP contribution in [0.2, 0.25) is 5.02 Å². The average Bonchev–Trinajstić information content (AvgIpc) is 2.69. The van der Waals surface area contributed by atoms with Crippen molar-refractivity contribution in [3.05, 3.63) is 52.8 Å². The number of carbonyl (C=O) groups excluding carboxylic acids is 1. The number of halogens is 1. The summed E-state index contributed by atoms with van der Waals surface area (Å²) in [4.78, 5) is 14.7. The van der Waals surface area contributed by atoms with Crippen molar-refractivity contribution in [1.29, 1.82) is 0 Å². The highest BCUT2D eigenvalue weighted by Crippen LogP contribution is 2.21. The molecular formula is C11H9ClN2O. The summed E-state index contributed by atoms with van der Waals surface area (Å²) in [5, 5.41) is 0.376. The van der Waals surface area contributed by atoms with E-state index in [2.05, 4.69) is 4.98 Å². The van der Waals surface area contributed by atoms with E-state index in [1.165, 1.54) is 0 Å². The lowest BCUT2D eigenvalue weighted by molar-refractivity contribution is 0.103. The molecule has 0 aliphatic heterocycles. The minimum Gasteiger partial charge on any atom is -0.399 e. The third-order valence-electron chi connectivity index (χ3n) is 2.10. The summed E-state index contributed by atoms with van der Waals surface area (Å²) in [5.41, 5.74) is 7.14. The number of nitrogens with two attached hydrogens (primary N) is 1. The van der Waals surface area contributed by atoms with Crippen LogP contribution in [0.15, 0.2) is 36.7 Å². The summed E-state index contributed by atoms with van der Waals surface area (Å²) in [7, 11) is 0. The smallest absolute Gasteiger partial charge is 0.196 e. The second-order valence-electron chi connectivity index (χ2n) is 3.17. The van der Waals surface area contributed by atoms with E-state index >= 15 is 0 Å². The highest BCUT2D eigenvalue weighted by molar-refractivity contribution is 6.35. The Kier molecular flexibility index (Phi) is 2.47. The van der Waals surface area contributed by atoms with Gasteiger partial charge in [-0.2, -0.15) is 0 Å². The zero-order valence-corrected chi connectivity index (χ0v) is 8.58. The van der Waals surface area contributed by atoms with Gasteiger partial charge in [0.2, 0.25) is 0 Å². The number of hydrogen-bond donors (Lipinski definition) is 2. The summed E-state index contributed by atoms with van der Waals surface area (Å²) in [6.07, 6.45) is 3.33. The quantitative estimate of drug-likeness (QED) is 0.604. The molecule has 15 heavy (non-hydrogen) atoms. The Morgan fingerprint density at radius 2 is 2.13 bits per heavy atom. The predicted octanol–water partition coefficient (Wildman–Crippen LogP) is 2.48. The first-order valence-corrected chi connectivity index (χ1v) is 4.79. The molecule has 2 rings (SSSR count). The maximum Gasteiger partial charge on any atom is 0.196 e. The van der Waals surface area contributed by atoms with E-state index in [-0.39, 0.29) is 5.78 Å². The Morgan fingerprint density at radius 3 is 2.73 bits per heavy atom. The zero-order chi connectivity index (χ0) is 10.8. The van der Waals surface area contributed by atoms with Gasteiger partial charge in [-0.15, -0.1) is 0 Å². The van der Waals surface area contributed by atoms with E-state index in [9.17, 15) is 4.79 Å². The van der Waals surface area contributed by atoms with Crippen LogP contribution in [-0.2, 0) is 0 Å². The van der Waals surface area contributed by atoms with Crippen molar-refractivity contribution < 1.29 is 4.79 Å². The lowest BCUT2D eigenvalue weighted by Gasteiger charge is -2.02. The molecule has 0 saturated heterocycles. The largest absolute Gasteiger partial charge is 0.399 e. The Morgan fingerprint density at radius 1 is 1.33 bits per heavy atom. The van der Waals surface area contributed by atoms with Crippen LogP contribution in [-0.4, -0.2) is 10.8 Å². The van der Waals surface area contributed by atoms with Crippen LogP contribution in [0.25, 0.3) is 0 Å². The van der Waals surface area contributed by atoms with Gasteiger partial charge in [0.05, 0.1) is 5.02 Å². The summed E-state index contributed by atoms with van der Waals surface area (Å²) >= 11 is 5.93. The van der Waals surface area contributed by atoms with Gasteiger partial charge in [0.25, 0.3) is 0 Å². The summed E-state index contributed by atoms with van der Waals surface area (Å²) in [6, 6.07) is 6.56. The minimum absolute atomic E-state index is 0.110. The molecular weight excluding hydrogens is 212 g/mol. The van der Waals surface area contributed by atoms with Crippen LogP contribution >= 0.6 is 11.6 Å². The van der Waals surface area contributed by atoms with Crippen molar-refractivity contribution in [3.63, 3.8) is 0 Å². The number of ketones is 1. The lowest BCUT2D eigenvalue weighted by atomic mass is 10.1. The second kappa shape index (κ2) is 3.79. The number of aromatic amines is 1. The number of benzene rings is 1. The monoisotopic (exact) mass is 220 g/mol. The van der Waals surface area contributed by atoms with Crippen molar-refractivity contribution in [2.75, 3.05) is 5.73 Å². The molecule has 3 nitrogen and oxygen atoms in total. The number of rotatable bonds is 2. The van der Waals surface area contributed by atoms with Crippen LogP contribution in [0.4, 0.5) is 5.69 Å². The van der Waals surface area contributed by atoms with Gasteiger partial charge in [-0.1, -0.05) is 11.6 Å². The lowest BCUT2D eigenvalue weighted by Crippen LogP contribution is -2.01. The molecule has 0 amide bonds. The third kappa shape index (κ3) is 1.87. The first-order chi connectivity index (χ1) is 7.18. The number of anilines is 1. The highest BCUT2D eigenvalue weighted by Gasteiger charge is 2.12. The third-order valence-corrected chi connectivity index (χ3v) is 2.41. The number of carbonyl (C=O) groups is 1. The molecule has 0 atom stereocenters. The summed E-state index contributed by atoms with van der Waals surface area (Å²) in [5.74, 6) is -0.110. The SMILES string of the molecule is Nc1ccc(C(=O)c2cc[nH]c2)c(Cl)c1. The van der Waals surface area contributed by atoms with Gasteiger partial charge in [0.15, 0.2) is 5.78 Å². The van der Waals surface area contributed by atoms with E-state index in [0.29, 0.717) is 21.8 Å². The number of H-pyrrole nitrogens is 1. The van der Waals surface area contributed by atoms with Crippen LogP contribution in [0, 0.1) is 0 Å². The highest BCUT2D eigenvalue weighted by atomic mass is 35.5. The fraction of sp³-hybridized carbons (Fsp3) is 0. The molecule has 0 saturated carbocycles. The minimum atomic E-state index is -0.110. The van der Waals surface area contributed by atoms with E-state index in [0.717, 1.165) is 0 Å². The second-order valence-corrected chi connectivity index (χ2v) is 3.58. The maximum atomic E-state index is 11.9. The van der Waals surface area contributed by atoms with Gasteiger partial charge in [0.1, 0.15) is 0 Å². The molecule has 0 radical (unpaired) electrons. The molecule has 76 valence electrons. The summed E-state index contributed by atoms with van der Waals surface area (Å²) < 4.78 is 0. The van der Waals surface area contributed by atoms with Gasteiger partial charge in [-0.25, -0.2) is 0 Å². The molecule has 1 aromatic heterocycles. The van der Waals surface area contributed by atoms with Crippen LogP contribution < -0.4 is 5.73 Å². The van der Waals surface area contributed by atoms with E-state index < -0.39 is 0 Å². The molecule has 0 unspecified atom stereocenters. The van der Waals surface area contributed by atoms with E-state index in [4.69, 9.17) is 17.3 Å². The number of hydrogen-bond acceptors (Lipinski definition) is 2. The van der Waals surface area contributed by atoms with Crippen LogP contribution in [0.3, 0.4) is 0 Å². The first kappa shape index (κ1) is 9.80. The fourth-order valence-corrected chi connectivity index (χ4v) is 1.61. The summed E-state index contributed by atoms with van der Waals surface area (Å²) in [6.45, 7) is 0. The van der Waals surface area contributed by atoms with Gasteiger partial charge in [-0.05, 0) is 24.3 Å². The molecule has 2 aromatic rings. The average molecular weight is 221 g/mol. The molecule has 4 heteroatoms. The van der Waals surface area contributed by atoms with Gasteiger partial charge in [0, 0.05) is 29.2 Å². The molecule has 3 N–H and O–H groups in total. The van der Waals surface area contributed by atoms with E-state index in [1.54, 1.807) is 36.7 Å². The first-order valence-electron chi connectivity index (χ1n) is 4.41. The standard InChI is InChI=1S/C11H9ClN2O/c12-10-5-8(13)1-2-9(10)11(15)7-3-4-14-6-7/h1-6,14H,13H2.